The zero-order valence-corrected chi connectivity index (χ0v) is 15.3. The maximum Gasteiger partial charge on any atom is 0.239 e. The highest BCUT2D eigenvalue weighted by atomic mass is 16.3. The number of aliphatic hydroxyl groups is 1. The van der Waals surface area contributed by atoms with E-state index in [2.05, 4.69) is 10.2 Å². The fraction of sp³-hybridized carbons (Fsp3) is 0.895. The number of nitrogens with zero attached hydrogens (tertiary/aromatic N) is 2. The van der Waals surface area contributed by atoms with E-state index in [0.29, 0.717) is 13.0 Å². The molecule has 2 saturated heterocycles. The summed E-state index contributed by atoms with van der Waals surface area (Å²) in [5.74, 6) is -0.0367. The van der Waals surface area contributed by atoms with Crippen molar-refractivity contribution in [1.82, 2.24) is 15.1 Å². The van der Waals surface area contributed by atoms with Crippen LogP contribution in [0.1, 0.15) is 64.2 Å². The molecule has 0 unspecified atom stereocenters. The molecule has 0 aromatic carbocycles. The largest absolute Gasteiger partial charge is 0.389 e. The highest BCUT2D eigenvalue weighted by molar-refractivity contribution is 5.85. The van der Waals surface area contributed by atoms with Gasteiger partial charge in [-0.1, -0.05) is 19.3 Å². The summed E-state index contributed by atoms with van der Waals surface area (Å²) < 4.78 is 0. The van der Waals surface area contributed by atoms with E-state index < -0.39 is 6.10 Å². The molecule has 0 spiro atoms. The lowest BCUT2D eigenvalue weighted by atomic mass is 10.0. The van der Waals surface area contributed by atoms with Crippen LogP contribution in [0.2, 0.25) is 0 Å². The van der Waals surface area contributed by atoms with Crippen molar-refractivity contribution in [1.29, 1.82) is 0 Å². The van der Waals surface area contributed by atoms with Crippen molar-refractivity contribution < 1.29 is 14.7 Å². The number of rotatable bonds is 4. The minimum Gasteiger partial charge on any atom is -0.389 e. The summed E-state index contributed by atoms with van der Waals surface area (Å²) in [6, 6.07) is -0.0298. The Balaban J connectivity index is 1.55. The van der Waals surface area contributed by atoms with E-state index in [1.54, 1.807) is 4.90 Å². The fourth-order valence-electron chi connectivity index (χ4n) is 4.59. The summed E-state index contributed by atoms with van der Waals surface area (Å²) in [6.45, 7) is 2.93. The van der Waals surface area contributed by atoms with E-state index in [1.165, 1.54) is 12.8 Å². The normalized spacial score (nSPS) is 32.3. The third-order valence-electron chi connectivity index (χ3n) is 6.03. The van der Waals surface area contributed by atoms with Crippen molar-refractivity contribution >= 4 is 11.8 Å². The van der Waals surface area contributed by atoms with Gasteiger partial charge >= 0.3 is 0 Å². The second-order valence-corrected chi connectivity index (χ2v) is 7.89. The Bertz CT molecular complexity index is 465. The van der Waals surface area contributed by atoms with Crippen LogP contribution in [0.3, 0.4) is 0 Å². The Morgan fingerprint density at radius 2 is 1.72 bits per heavy atom. The zero-order chi connectivity index (χ0) is 17.6. The van der Waals surface area contributed by atoms with Crippen LogP contribution >= 0.6 is 0 Å². The standard InChI is InChI=1S/C19H33N3O3/c23-17(14-22-13-5-1-2-10-18(22)24)20-15-8-3-4-9-16(19(15)25)21-11-6-7-12-21/h15-16,19,25H,1-14H2,(H,20,23)/t15-,16-,19-/m1/s1. The number of hydrogen-bond donors (Lipinski definition) is 2. The molecule has 2 heterocycles. The van der Waals surface area contributed by atoms with E-state index >= 15 is 0 Å². The van der Waals surface area contributed by atoms with Gasteiger partial charge in [0.2, 0.25) is 11.8 Å². The van der Waals surface area contributed by atoms with Crippen LogP contribution in [0.4, 0.5) is 0 Å². The second kappa shape index (κ2) is 8.99. The predicted molar refractivity (Wildman–Crippen MR) is 96.0 cm³/mol. The van der Waals surface area contributed by atoms with Crippen molar-refractivity contribution in [3.05, 3.63) is 0 Å². The van der Waals surface area contributed by atoms with Gasteiger partial charge in [-0.3, -0.25) is 14.5 Å². The highest BCUT2D eigenvalue weighted by Crippen LogP contribution is 2.26. The predicted octanol–water partition coefficient (Wildman–Crippen LogP) is 1.27. The molecule has 0 aromatic heterocycles. The minimum absolute atomic E-state index is 0.0870. The third-order valence-corrected chi connectivity index (χ3v) is 6.03. The van der Waals surface area contributed by atoms with Crippen molar-refractivity contribution in [3.63, 3.8) is 0 Å². The van der Waals surface area contributed by atoms with E-state index in [4.69, 9.17) is 0 Å². The number of carbonyl (C=O) groups excluding carboxylic acids is 2. The lowest BCUT2D eigenvalue weighted by Crippen LogP contribution is -2.54. The number of likely N-dealkylation sites (tertiary alicyclic amines) is 2. The Morgan fingerprint density at radius 1 is 1.00 bits per heavy atom. The number of nitrogens with one attached hydrogen (secondary N) is 1. The lowest BCUT2D eigenvalue weighted by molar-refractivity contribution is -0.136. The maximum atomic E-state index is 12.5. The lowest BCUT2D eigenvalue weighted by Gasteiger charge is -2.34. The van der Waals surface area contributed by atoms with Gasteiger partial charge in [0.25, 0.3) is 0 Å². The molecule has 3 rings (SSSR count). The van der Waals surface area contributed by atoms with Gasteiger partial charge in [0.15, 0.2) is 0 Å². The molecule has 0 aromatic rings. The Labute approximate surface area is 150 Å². The molecule has 0 bridgehead atoms. The van der Waals surface area contributed by atoms with E-state index in [9.17, 15) is 14.7 Å². The monoisotopic (exact) mass is 351 g/mol. The van der Waals surface area contributed by atoms with Gasteiger partial charge in [-0.15, -0.1) is 0 Å². The molecular weight excluding hydrogens is 318 g/mol. The van der Waals surface area contributed by atoms with Gasteiger partial charge in [0, 0.05) is 19.0 Å². The molecule has 3 fully saturated rings. The van der Waals surface area contributed by atoms with Crippen LogP contribution in [0.25, 0.3) is 0 Å². The summed E-state index contributed by atoms with van der Waals surface area (Å²) in [5.41, 5.74) is 0. The summed E-state index contributed by atoms with van der Waals surface area (Å²) in [6.07, 6.45) is 9.39. The quantitative estimate of drug-likeness (QED) is 0.748. The van der Waals surface area contributed by atoms with Crippen molar-refractivity contribution in [2.75, 3.05) is 26.2 Å². The first-order valence-corrected chi connectivity index (χ1v) is 10.1. The van der Waals surface area contributed by atoms with E-state index in [1.807, 2.05) is 0 Å². The molecule has 2 N–H and O–H groups in total. The van der Waals surface area contributed by atoms with Crippen LogP contribution in [0.5, 0.6) is 0 Å². The van der Waals surface area contributed by atoms with Crippen LogP contribution in [-0.4, -0.2) is 71.1 Å². The molecule has 6 nitrogen and oxygen atoms in total. The average Bonchev–Trinajstić information content (AvgIpc) is 2.97. The van der Waals surface area contributed by atoms with Gasteiger partial charge in [0.05, 0.1) is 18.7 Å². The van der Waals surface area contributed by atoms with Gasteiger partial charge in [-0.05, 0) is 51.6 Å². The van der Waals surface area contributed by atoms with Gasteiger partial charge in [-0.2, -0.15) is 0 Å². The fourth-order valence-corrected chi connectivity index (χ4v) is 4.59. The molecule has 1 saturated carbocycles. The molecule has 1 aliphatic carbocycles. The van der Waals surface area contributed by atoms with E-state index in [-0.39, 0.29) is 30.4 Å². The maximum absolute atomic E-state index is 12.5. The molecule has 2 amide bonds. The summed E-state index contributed by atoms with van der Waals surface area (Å²) in [7, 11) is 0. The minimum atomic E-state index is -0.510. The summed E-state index contributed by atoms with van der Waals surface area (Å²) >= 11 is 0. The number of amides is 2. The number of aliphatic hydroxyl groups excluding tert-OH is 1. The smallest absolute Gasteiger partial charge is 0.239 e. The summed E-state index contributed by atoms with van der Waals surface area (Å²) in [5, 5.41) is 13.9. The average molecular weight is 351 g/mol. The van der Waals surface area contributed by atoms with Gasteiger partial charge in [0.1, 0.15) is 0 Å². The van der Waals surface area contributed by atoms with Gasteiger partial charge < -0.3 is 15.3 Å². The van der Waals surface area contributed by atoms with E-state index in [0.717, 1.165) is 58.0 Å². The first-order chi connectivity index (χ1) is 12.1. The molecule has 25 heavy (non-hydrogen) atoms. The molecule has 2 aliphatic heterocycles. The SMILES string of the molecule is O=C(CN1CCCCCC1=O)N[C@@H]1CCCC[C@@H](N2CCCC2)[C@@H]1O. The topological polar surface area (TPSA) is 72.9 Å². The van der Waals surface area contributed by atoms with Crippen LogP contribution in [0, 0.1) is 0 Å². The van der Waals surface area contributed by atoms with Crippen molar-refractivity contribution in [2.45, 2.75) is 82.4 Å². The van der Waals surface area contributed by atoms with Crippen molar-refractivity contribution in [2.24, 2.45) is 0 Å². The van der Waals surface area contributed by atoms with Crippen LogP contribution in [0.15, 0.2) is 0 Å². The molecule has 0 radical (unpaired) electrons. The van der Waals surface area contributed by atoms with Crippen LogP contribution < -0.4 is 5.32 Å². The van der Waals surface area contributed by atoms with Gasteiger partial charge in [-0.25, -0.2) is 0 Å². The molecule has 3 atom stereocenters. The zero-order valence-electron chi connectivity index (χ0n) is 15.3. The van der Waals surface area contributed by atoms with Crippen molar-refractivity contribution in [3.8, 4) is 0 Å². The second-order valence-electron chi connectivity index (χ2n) is 7.89. The number of carbonyl (C=O) groups is 2. The molecule has 6 heteroatoms. The molecule has 3 aliphatic rings. The Kier molecular flexibility index (Phi) is 6.70. The summed E-state index contributed by atoms with van der Waals surface area (Å²) in [4.78, 5) is 28.7. The first kappa shape index (κ1) is 18.6. The number of hydrogen-bond acceptors (Lipinski definition) is 4. The third kappa shape index (κ3) is 4.94. The van der Waals surface area contributed by atoms with Crippen LogP contribution in [-0.2, 0) is 9.59 Å². The molecular formula is C19H33N3O3. The first-order valence-electron chi connectivity index (χ1n) is 10.1. The Hall–Kier alpha value is -1.14. The highest BCUT2D eigenvalue weighted by Gasteiger charge is 2.35. The molecule has 142 valence electrons. The Morgan fingerprint density at radius 3 is 2.52 bits per heavy atom.